The van der Waals surface area contributed by atoms with Crippen molar-refractivity contribution in [1.82, 2.24) is 0 Å². The first-order valence-electron chi connectivity index (χ1n) is 4.50. The van der Waals surface area contributed by atoms with Gasteiger partial charge in [0.25, 0.3) is 0 Å². The van der Waals surface area contributed by atoms with Gasteiger partial charge in [-0.15, -0.1) is 0 Å². The molecule has 0 aliphatic carbocycles. The topological polar surface area (TPSA) is 69.9 Å². The standard InChI is InChI=1S/C9H18O4/c1-9(2,3)8-7(12)6(11)5(4-10)13-8/h5-8,10-12H,4H2,1-3H3/t5-,6-,7-,8-/m1/s1. The first kappa shape index (κ1) is 10.9. The van der Waals surface area contributed by atoms with Crippen LogP contribution in [0.5, 0.6) is 0 Å². The lowest BCUT2D eigenvalue weighted by atomic mass is 9.85. The summed E-state index contributed by atoms with van der Waals surface area (Å²) in [6.07, 6.45) is -2.95. The summed E-state index contributed by atoms with van der Waals surface area (Å²) in [5.41, 5.74) is -0.232. The number of hydrogen-bond acceptors (Lipinski definition) is 4. The van der Waals surface area contributed by atoms with Crippen molar-refractivity contribution in [3.63, 3.8) is 0 Å². The Morgan fingerprint density at radius 1 is 1.15 bits per heavy atom. The number of ether oxygens (including phenoxy) is 1. The summed E-state index contributed by atoms with van der Waals surface area (Å²) >= 11 is 0. The van der Waals surface area contributed by atoms with E-state index in [-0.39, 0.29) is 12.0 Å². The summed E-state index contributed by atoms with van der Waals surface area (Å²) < 4.78 is 5.35. The molecule has 0 aromatic rings. The molecule has 1 fully saturated rings. The molecule has 0 amide bonds. The molecule has 0 saturated carbocycles. The monoisotopic (exact) mass is 190 g/mol. The lowest BCUT2D eigenvalue weighted by Gasteiger charge is -2.28. The van der Waals surface area contributed by atoms with Gasteiger partial charge in [-0.1, -0.05) is 20.8 Å². The van der Waals surface area contributed by atoms with Crippen LogP contribution < -0.4 is 0 Å². The summed E-state index contributed by atoms with van der Waals surface area (Å²) in [7, 11) is 0. The Hall–Kier alpha value is -0.160. The maximum Gasteiger partial charge on any atom is 0.111 e. The second-order valence-electron chi connectivity index (χ2n) is 4.62. The molecule has 13 heavy (non-hydrogen) atoms. The third-order valence-electron chi connectivity index (χ3n) is 2.40. The van der Waals surface area contributed by atoms with Crippen LogP contribution in [0.1, 0.15) is 20.8 Å². The molecule has 1 rings (SSSR count). The van der Waals surface area contributed by atoms with Crippen molar-refractivity contribution in [3.8, 4) is 0 Å². The van der Waals surface area contributed by atoms with Crippen LogP contribution in [0.2, 0.25) is 0 Å². The molecule has 3 N–H and O–H groups in total. The van der Waals surface area contributed by atoms with Gasteiger partial charge in [0.2, 0.25) is 0 Å². The Morgan fingerprint density at radius 3 is 1.92 bits per heavy atom. The largest absolute Gasteiger partial charge is 0.394 e. The molecule has 0 aromatic heterocycles. The first-order chi connectivity index (χ1) is 5.88. The average molecular weight is 190 g/mol. The van der Waals surface area contributed by atoms with E-state index < -0.39 is 24.4 Å². The summed E-state index contributed by atoms with van der Waals surface area (Å²) in [5.74, 6) is 0. The van der Waals surface area contributed by atoms with Gasteiger partial charge in [0.1, 0.15) is 18.3 Å². The molecule has 4 heteroatoms. The average Bonchev–Trinajstić information content (AvgIpc) is 2.28. The number of hydrogen-bond donors (Lipinski definition) is 3. The van der Waals surface area contributed by atoms with Crippen LogP contribution in [0.4, 0.5) is 0 Å². The first-order valence-corrected chi connectivity index (χ1v) is 4.50. The molecule has 4 atom stereocenters. The molecule has 0 aromatic carbocycles. The number of aliphatic hydroxyl groups is 3. The van der Waals surface area contributed by atoms with Crippen molar-refractivity contribution in [2.24, 2.45) is 5.41 Å². The van der Waals surface area contributed by atoms with Crippen LogP contribution in [0.25, 0.3) is 0 Å². The SMILES string of the molecule is CC(C)(C)[C@@H]1O[C@H](CO)[C@@H](O)[C@H]1O. The van der Waals surface area contributed by atoms with E-state index in [9.17, 15) is 10.2 Å². The normalized spacial score (nSPS) is 41.1. The quantitative estimate of drug-likeness (QED) is 0.522. The van der Waals surface area contributed by atoms with Crippen LogP contribution in [0, 0.1) is 5.41 Å². The predicted molar refractivity (Wildman–Crippen MR) is 47.2 cm³/mol. The molecule has 1 saturated heterocycles. The summed E-state index contributed by atoms with van der Waals surface area (Å²) in [4.78, 5) is 0. The zero-order chi connectivity index (χ0) is 10.2. The van der Waals surface area contributed by atoms with Crippen LogP contribution in [-0.4, -0.2) is 46.3 Å². The molecule has 0 bridgehead atoms. The predicted octanol–water partition coefficient (Wildman–Crippen LogP) is -0.486. The summed E-state index contributed by atoms with van der Waals surface area (Å²) in [6.45, 7) is 5.51. The highest BCUT2D eigenvalue weighted by Gasteiger charge is 2.47. The number of aliphatic hydroxyl groups excluding tert-OH is 3. The zero-order valence-corrected chi connectivity index (χ0v) is 8.27. The molecular formula is C9H18O4. The Kier molecular flexibility index (Phi) is 2.97. The van der Waals surface area contributed by atoms with E-state index in [1.807, 2.05) is 20.8 Å². The van der Waals surface area contributed by atoms with Crippen LogP contribution in [0.3, 0.4) is 0 Å². The molecule has 1 heterocycles. The van der Waals surface area contributed by atoms with E-state index in [4.69, 9.17) is 9.84 Å². The minimum Gasteiger partial charge on any atom is -0.394 e. The molecule has 0 spiro atoms. The third kappa shape index (κ3) is 2.02. The Bertz CT molecular complexity index is 175. The third-order valence-corrected chi connectivity index (χ3v) is 2.40. The molecular weight excluding hydrogens is 172 g/mol. The lowest BCUT2D eigenvalue weighted by molar-refractivity contribution is -0.0638. The second-order valence-corrected chi connectivity index (χ2v) is 4.62. The van der Waals surface area contributed by atoms with Gasteiger partial charge in [0.15, 0.2) is 0 Å². The molecule has 0 radical (unpaired) electrons. The van der Waals surface area contributed by atoms with Gasteiger partial charge < -0.3 is 20.1 Å². The van der Waals surface area contributed by atoms with Gasteiger partial charge in [-0.25, -0.2) is 0 Å². The number of rotatable bonds is 1. The van der Waals surface area contributed by atoms with Gasteiger partial charge in [-0.05, 0) is 5.41 Å². The zero-order valence-electron chi connectivity index (χ0n) is 8.27. The van der Waals surface area contributed by atoms with Crippen molar-refractivity contribution in [2.75, 3.05) is 6.61 Å². The molecule has 1 aliphatic rings. The van der Waals surface area contributed by atoms with Crippen molar-refractivity contribution in [2.45, 2.75) is 45.2 Å². The van der Waals surface area contributed by atoms with E-state index >= 15 is 0 Å². The highest BCUT2D eigenvalue weighted by Crippen LogP contribution is 2.33. The van der Waals surface area contributed by atoms with Crippen molar-refractivity contribution in [3.05, 3.63) is 0 Å². The Balaban J connectivity index is 2.71. The maximum atomic E-state index is 9.61. The van der Waals surface area contributed by atoms with E-state index in [1.54, 1.807) is 0 Å². The van der Waals surface area contributed by atoms with E-state index in [0.29, 0.717) is 0 Å². The molecule has 1 aliphatic heterocycles. The maximum absolute atomic E-state index is 9.61. The highest BCUT2D eigenvalue weighted by atomic mass is 16.6. The minimum absolute atomic E-state index is 0.232. The fourth-order valence-electron chi connectivity index (χ4n) is 1.62. The van der Waals surface area contributed by atoms with E-state index in [0.717, 1.165) is 0 Å². The van der Waals surface area contributed by atoms with Crippen LogP contribution in [-0.2, 0) is 4.74 Å². The minimum atomic E-state index is -0.978. The molecule has 78 valence electrons. The van der Waals surface area contributed by atoms with Crippen LogP contribution in [0.15, 0.2) is 0 Å². The molecule has 4 nitrogen and oxygen atoms in total. The van der Waals surface area contributed by atoms with Gasteiger partial charge in [-0.3, -0.25) is 0 Å². The van der Waals surface area contributed by atoms with Gasteiger partial charge >= 0.3 is 0 Å². The van der Waals surface area contributed by atoms with E-state index in [1.165, 1.54) is 0 Å². The van der Waals surface area contributed by atoms with Crippen LogP contribution >= 0.6 is 0 Å². The van der Waals surface area contributed by atoms with E-state index in [2.05, 4.69) is 0 Å². The van der Waals surface area contributed by atoms with Crippen molar-refractivity contribution in [1.29, 1.82) is 0 Å². The van der Waals surface area contributed by atoms with Crippen molar-refractivity contribution >= 4 is 0 Å². The second kappa shape index (κ2) is 3.53. The molecule has 0 unspecified atom stereocenters. The van der Waals surface area contributed by atoms with Gasteiger partial charge in [0, 0.05) is 0 Å². The Labute approximate surface area is 78.1 Å². The highest BCUT2D eigenvalue weighted by molar-refractivity contribution is 4.95. The smallest absolute Gasteiger partial charge is 0.111 e. The Morgan fingerprint density at radius 2 is 1.69 bits per heavy atom. The fourth-order valence-corrected chi connectivity index (χ4v) is 1.62. The van der Waals surface area contributed by atoms with Crippen molar-refractivity contribution < 1.29 is 20.1 Å². The lowest BCUT2D eigenvalue weighted by Crippen LogP contribution is -2.39. The summed E-state index contributed by atoms with van der Waals surface area (Å²) in [5, 5.41) is 27.9. The fraction of sp³-hybridized carbons (Fsp3) is 1.00. The summed E-state index contributed by atoms with van der Waals surface area (Å²) in [6, 6.07) is 0. The van der Waals surface area contributed by atoms with Gasteiger partial charge in [-0.2, -0.15) is 0 Å². The van der Waals surface area contributed by atoms with Gasteiger partial charge in [0.05, 0.1) is 12.7 Å².